The van der Waals surface area contributed by atoms with Crippen LogP contribution in [0.5, 0.6) is 0 Å². The minimum atomic E-state index is -3.67. The van der Waals surface area contributed by atoms with Crippen molar-refractivity contribution in [3.8, 4) is 0 Å². The highest BCUT2D eigenvalue weighted by Crippen LogP contribution is 2.33. The number of carbonyl (C=O) groups excluding carboxylic acids is 1. The number of amides is 1. The lowest BCUT2D eigenvalue weighted by Gasteiger charge is -2.32. The van der Waals surface area contributed by atoms with Crippen LogP contribution in [0, 0.1) is 5.82 Å². The molecule has 198 valence electrons. The van der Waals surface area contributed by atoms with E-state index in [4.69, 9.17) is 4.74 Å². The summed E-state index contributed by atoms with van der Waals surface area (Å²) in [6.45, 7) is 3.22. The second-order valence-corrected chi connectivity index (χ2v) is 12.6. The van der Waals surface area contributed by atoms with E-state index in [0.717, 1.165) is 44.9 Å². The fourth-order valence-corrected chi connectivity index (χ4v) is 7.99. The Kier molecular flexibility index (Phi) is 7.90. The fraction of sp³-hybridized carbons (Fsp3) is 0.481. The Bertz CT molecular complexity index is 1350. The smallest absolute Gasteiger partial charge is 0.260 e. The number of halogens is 1. The molecule has 10 heteroatoms. The third kappa shape index (κ3) is 5.43. The van der Waals surface area contributed by atoms with Gasteiger partial charge >= 0.3 is 0 Å². The predicted molar refractivity (Wildman–Crippen MR) is 143 cm³/mol. The molecule has 2 aliphatic rings. The molecule has 0 bridgehead atoms. The van der Waals surface area contributed by atoms with E-state index < -0.39 is 15.8 Å². The molecule has 1 saturated heterocycles. The van der Waals surface area contributed by atoms with Crippen LogP contribution in [0.3, 0.4) is 0 Å². The van der Waals surface area contributed by atoms with Crippen molar-refractivity contribution in [1.29, 1.82) is 0 Å². The van der Waals surface area contributed by atoms with E-state index in [1.807, 2.05) is 6.92 Å². The summed E-state index contributed by atoms with van der Waals surface area (Å²) in [7, 11) is -3.67. The number of para-hydroxylation sites is 1. The van der Waals surface area contributed by atoms with Crippen molar-refractivity contribution in [2.45, 2.75) is 68.9 Å². The zero-order chi connectivity index (χ0) is 26.0. The number of fused-ring (bicyclic) bond motifs is 1. The number of hydrogen-bond donors (Lipinski definition) is 0. The summed E-state index contributed by atoms with van der Waals surface area (Å²) in [6.07, 6.45) is 6.61. The Balaban J connectivity index is 1.42. The van der Waals surface area contributed by atoms with Crippen LogP contribution in [0.25, 0.3) is 10.2 Å². The number of aromatic nitrogens is 1. The number of thiazole rings is 1. The van der Waals surface area contributed by atoms with Gasteiger partial charge in [-0.3, -0.25) is 9.69 Å². The monoisotopic (exact) mass is 545 g/mol. The number of sulfonamides is 1. The van der Waals surface area contributed by atoms with Gasteiger partial charge in [0.25, 0.3) is 5.91 Å². The topological polar surface area (TPSA) is 79.8 Å². The van der Waals surface area contributed by atoms with Crippen LogP contribution in [0.1, 0.15) is 62.2 Å². The standard InChI is InChI=1S/C27H32FN3O4S2/c1-2-31(20-8-4-3-5-9-20)37(33,34)22-15-13-19(14-16-22)26(32)30(18-21-10-7-17-35-21)27-29-25-23(28)11-6-12-24(25)36-27/h6,11-16,20-21H,2-5,7-10,17-18H2,1H3. The molecule has 2 fully saturated rings. The minimum absolute atomic E-state index is 0.0198. The summed E-state index contributed by atoms with van der Waals surface area (Å²) in [5.74, 6) is -0.754. The first-order valence-corrected chi connectivity index (χ1v) is 15.2. The molecule has 1 atom stereocenters. The SMILES string of the molecule is CCN(C1CCCCC1)S(=O)(=O)c1ccc(C(=O)N(CC2CCCO2)c2nc3c(F)cccc3s2)cc1. The second kappa shape index (κ2) is 11.1. The molecule has 7 nitrogen and oxygen atoms in total. The molecule has 37 heavy (non-hydrogen) atoms. The highest BCUT2D eigenvalue weighted by atomic mass is 32.2. The number of hydrogen-bond acceptors (Lipinski definition) is 6. The molecular weight excluding hydrogens is 513 g/mol. The molecule has 1 aliphatic carbocycles. The van der Waals surface area contributed by atoms with Crippen molar-refractivity contribution in [3.63, 3.8) is 0 Å². The van der Waals surface area contributed by atoms with Gasteiger partial charge in [0.05, 0.1) is 22.2 Å². The van der Waals surface area contributed by atoms with Crippen LogP contribution >= 0.6 is 11.3 Å². The lowest BCUT2D eigenvalue weighted by Crippen LogP contribution is -2.41. The quantitative estimate of drug-likeness (QED) is 0.368. The number of nitrogens with zero attached hydrogens (tertiary/aromatic N) is 3. The Hall–Kier alpha value is -2.40. The number of carbonyl (C=O) groups is 1. The van der Waals surface area contributed by atoms with Crippen LogP contribution < -0.4 is 4.90 Å². The van der Waals surface area contributed by atoms with Gasteiger partial charge in [-0.1, -0.05) is 43.6 Å². The fourth-order valence-electron chi connectivity index (χ4n) is 5.31. The predicted octanol–water partition coefficient (Wildman–Crippen LogP) is 5.60. The van der Waals surface area contributed by atoms with Crippen molar-refractivity contribution in [2.75, 3.05) is 24.6 Å². The summed E-state index contributed by atoms with van der Waals surface area (Å²) in [5.41, 5.74) is 0.578. The minimum Gasteiger partial charge on any atom is -0.376 e. The molecule has 5 rings (SSSR count). The molecule has 1 saturated carbocycles. The summed E-state index contributed by atoms with van der Waals surface area (Å²) in [4.78, 5) is 19.8. The molecule has 0 N–H and O–H groups in total. The maximum Gasteiger partial charge on any atom is 0.260 e. The van der Waals surface area contributed by atoms with Crippen LogP contribution in [0.4, 0.5) is 9.52 Å². The Labute approximate surface area is 221 Å². The van der Waals surface area contributed by atoms with E-state index in [1.54, 1.807) is 28.6 Å². The van der Waals surface area contributed by atoms with Gasteiger partial charge in [0.1, 0.15) is 11.3 Å². The van der Waals surface area contributed by atoms with Crippen LogP contribution in [0.15, 0.2) is 47.4 Å². The van der Waals surface area contributed by atoms with Gasteiger partial charge in [0, 0.05) is 24.8 Å². The highest BCUT2D eigenvalue weighted by Gasteiger charge is 2.32. The molecule has 3 aromatic rings. The lowest BCUT2D eigenvalue weighted by molar-refractivity contribution is 0.0917. The van der Waals surface area contributed by atoms with Gasteiger partial charge < -0.3 is 4.74 Å². The van der Waals surface area contributed by atoms with E-state index >= 15 is 0 Å². The number of anilines is 1. The Morgan fingerprint density at radius 1 is 1.08 bits per heavy atom. The highest BCUT2D eigenvalue weighted by molar-refractivity contribution is 7.89. The maximum absolute atomic E-state index is 14.3. The molecule has 1 aromatic heterocycles. The van der Waals surface area contributed by atoms with Gasteiger partial charge in [-0.15, -0.1) is 0 Å². The molecule has 0 radical (unpaired) electrons. The van der Waals surface area contributed by atoms with Crippen LogP contribution in [-0.4, -0.2) is 55.5 Å². The average molecular weight is 546 g/mol. The maximum atomic E-state index is 14.3. The van der Waals surface area contributed by atoms with E-state index in [2.05, 4.69) is 4.98 Å². The third-order valence-electron chi connectivity index (χ3n) is 7.25. The number of rotatable bonds is 8. The van der Waals surface area contributed by atoms with Crippen molar-refractivity contribution in [2.24, 2.45) is 0 Å². The van der Waals surface area contributed by atoms with Crippen molar-refractivity contribution < 1.29 is 22.3 Å². The third-order valence-corrected chi connectivity index (χ3v) is 10.3. The zero-order valence-electron chi connectivity index (χ0n) is 20.9. The van der Waals surface area contributed by atoms with E-state index in [1.165, 1.54) is 34.4 Å². The van der Waals surface area contributed by atoms with Crippen molar-refractivity contribution >= 4 is 42.6 Å². The number of ether oxygens (including phenoxy) is 1. The summed E-state index contributed by atoms with van der Waals surface area (Å²) in [5, 5.41) is 0.395. The van der Waals surface area contributed by atoms with Crippen molar-refractivity contribution in [1.82, 2.24) is 9.29 Å². The molecule has 2 heterocycles. The first-order chi connectivity index (χ1) is 17.9. The molecule has 2 aromatic carbocycles. The summed E-state index contributed by atoms with van der Waals surface area (Å²) < 4.78 is 49.2. The van der Waals surface area contributed by atoms with Gasteiger partial charge in [-0.25, -0.2) is 17.8 Å². The average Bonchev–Trinajstić information content (AvgIpc) is 3.58. The van der Waals surface area contributed by atoms with E-state index in [9.17, 15) is 17.6 Å². The summed E-state index contributed by atoms with van der Waals surface area (Å²) in [6, 6.07) is 10.9. The lowest BCUT2D eigenvalue weighted by atomic mass is 9.95. The first-order valence-electron chi connectivity index (χ1n) is 13.0. The van der Waals surface area contributed by atoms with Gasteiger partial charge in [0.2, 0.25) is 10.0 Å². The number of benzene rings is 2. The zero-order valence-corrected chi connectivity index (χ0v) is 22.6. The Morgan fingerprint density at radius 3 is 2.49 bits per heavy atom. The largest absolute Gasteiger partial charge is 0.376 e. The normalized spacial score (nSPS) is 19.1. The van der Waals surface area contributed by atoms with Crippen molar-refractivity contribution in [3.05, 3.63) is 53.8 Å². The van der Waals surface area contributed by atoms with Gasteiger partial charge in [0.15, 0.2) is 5.13 Å². The van der Waals surface area contributed by atoms with Gasteiger partial charge in [-0.2, -0.15) is 4.31 Å². The summed E-state index contributed by atoms with van der Waals surface area (Å²) >= 11 is 1.25. The molecule has 1 amide bonds. The molecular formula is C27H32FN3O4S2. The van der Waals surface area contributed by atoms with Crippen LogP contribution in [-0.2, 0) is 14.8 Å². The first kappa shape index (κ1) is 26.2. The molecule has 1 unspecified atom stereocenters. The molecule has 1 aliphatic heterocycles. The second-order valence-electron chi connectivity index (χ2n) is 9.66. The Morgan fingerprint density at radius 2 is 1.84 bits per heavy atom. The van der Waals surface area contributed by atoms with Crippen LogP contribution in [0.2, 0.25) is 0 Å². The molecule has 0 spiro atoms. The van der Waals surface area contributed by atoms with Gasteiger partial charge in [-0.05, 0) is 62.1 Å². The van der Waals surface area contributed by atoms with E-state index in [-0.39, 0.29) is 28.5 Å². The van der Waals surface area contributed by atoms with E-state index in [0.29, 0.717) is 35.1 Å².